The van der Waals surface area contributed by atoms with Crippen molar-refractivity contribution in [2.75, 3.05) is 0 Å². The molecule has 2 rings (SSSR count). The lowest BCUT2D eigenvalue weighted by Crippen LogP contribution is -1.85. The van der Waals surface area contributed by atoms with E-state index in [4.69, 9.17) is 0 Å². The zero-order valence-electron chi connectivity index (χ0n) is 13.4. The van der Waals surface area contributed by atoms with Crippen LogP contribution < -0.4 is 0 Å². The minimum Gasteiger partial charge on any atom is -0.123 e. The van der Waals surface area contributed by atoms with Crippen LogP contribution in [0.5, 0.6) is 0 Å². The van der Waals surface area contributed by atoms with Gasteiger partial charge in [0.2, 0.25) is 0 Å². The molecule has 0 N–H and O–H groups in total. The van der Waals surface area contributed by atoms with Gasteiger partial charge < -0.3 is 0 Å². The lowest BCUT2D eigenvalue weighted by molar-refractivity contribution is 1.11. The zero-order valence-corrected chi connectivity index (χ0v) is 16.7. The monoisotopic (exact) mass is 366 g/mol. The highest BCUT2D eigenvalue weighted by atomic mass is 33.1. The summed E-state index contributed by atoms with van der Waals surface area (Å²) >= 11 is 3.82. The molecule has 2 aromatic carbocycles. The molecular weight excluding hydrogens is 344 g/mol. The molecule has 0 radical (unpaired) electrons. The predicted octanol–water partition coefficient (Wildman–Crippen LogP) is 7.49. The summed E-state index contributed by atoms with van der Waals surface area (Å²) in [5.74, 6) is 0. The van der Waals surface area contributed by atoms with E-state index in [2.05, 4.69) is 76.2 Å². The average Bonchev–Trinajstić information content (AvgIpc) is 2.47. The van der Waals surface area contributed by atoms with Crippen LogP contribution in [0.4, 0.5) is 0 Å². The molecule has 0 aliphatic heterocycles. The van der Waals surface area contributed by atoms with Gasteiger partial charge in [0, 0.05) is 30.1 Å². The van der Waals surface area contributed by atoms with Crippen molar-refractivity contribution in [3.8, 4) is 0 Å². The molecule has 0 fully saturated rings. The Balaban J connectivity index is 1.87. The van der Waals surface area contributed by atoms with Gasteiger partial charge >= 0.3 is 0 Å². The fourth-order valence-electron chi connectivity index (χ4n) is 1.79. The number of benzene rings is 2. The van der Waals surface area contributed by atoms with Gasteiger partial charge in [0.05, 0.1) is 0 Å². The Morgan fingerprint density at radius 1 is 0.500 bits per heavy atom. The maximum absolute atomic E-state index is 2.23. The minimum absolute atomic E-state index is 0.634. The van der Waals surface area contributed by atoms with Crippen molar-refractivity contribution in [3.05, 3.63) is 48.5 Å². The smallest absolute Gasteiger partial charge is 0.0187 e. The third-order valence-corrected chi connectivity index (χ3v) is 7.07. The summed E-state index contributed by atoms with van der Waals surface area (Å²) in [4.78, 5) is 5.30. The summed E-state index contributed by atoms with van der Waals surface area (Å²) in [6.45, 7) is 8.91. The highest BCUT2D eigenvalue weighted by Gasteiger charge is 2.02. The Labute approximate surface area is 151 Å². The van der Waals surface area contributed by atoms with Gasteiger partial charge in [-0.25, -0.2) is 0 Å². The molecule has 0 aliphatic rings. The molecule has 2 aromatic rings. The first kappa shape index (κ1) is 18.2. The molecule has 0 bridgehead atoms. The molecule has 0 saturated carbocycles. The van der Waals surface area contributed by atoms with Crippen LogP contribution >= 0.6 is 45.1 Å². The first-order valence-electron chi connectivity index (χ1n) is 7.41. The van der Waals surface area contributed by atoms with Gasteiger partial charge in [0.25, 0.3) is 0 Å². The van der Waals surface area contributed by atoms with Crippen molar-refractivity contribution >= 4 is 45.1 Å². The molecule has 0 aliphatic carbocycles. The molecule has 0 saturated heterocycles. The van der Waals surface area contributed by atoms with Crippen LogP contribution in [0.3, 0.4) is 0 Å². The average molecular weight is 367 g/mol. The quantitative estimate of drug-likeness (QED) is 0.367. The van der Waals surface area contributed by atoms with Crippen molar-refractivity contribution in [1.82, 2.24) is 0 Å². The normalized spacial score (nSPS) is 11.4. The Bertz CT molecular complexity index is 505. The van der Waals surface area contributed by atoms with Crippen molar-refractivity contribution < 1.29 is 0 Å². The van der Waals surface area contributed by atoms with Gasteiger partial charge in [0.1, 0.15) is 0 Å². The summed E-state index contributed by atoms with van der Waals surface area (Å²) in [6.07, 6.45) is 0. The Morgan fingerprint density at radius 3 is 1.05 bits per heavy atom. The number of thioether (sulfide) groups is 2. The maximum atomic E-state index is 2.23. The second-order valence-corrected chi connectivity index (χ2v) is 11.0. The van der Waals surface area contributed by atoms with Crippen LogP contribution in [-0.2, 0) is 0 Å². The van der Waals surface area contributed by atoms with E-state index in [0.717, 1.165) is 0 Å². The molecule has 0 amide bonds. The maximum Gasteiger partial charge on any atom is 0.0187 e. The van der Waals surface area contributed by atoms with Crippen LogP contribution in [0.1, 0.15) is 27.7 Å². The number of hydrogen-bond acceptors (Lipinski definition) is 4. The minimum atomic E-state index is 0.634. The summed E-state index contributed by atoms with van der Waals surface area (Å²) in [5.41, 5.74) is 0. The molecule has 0 heterocycles. The van der Waals surface area contributed by atoms with Crippen molar-refractivity contribution in [1.29, 1.82) is 0 Å². The van der Waals surface area contributed by atoms with Crippen molar-refractivity contribution in [3.63, 3.8) is 0 Å². The van der Waals surface area contributed by atoms with E-state index in [-0.39, 0.29) is 0 Å². The number of hydrogen-bond donors (Lipinski definition) is 0. The first-order valence-corrected chi connectivity index (χ1v) is 11.3. The largest absolute Gasteiger partial charge is 0.123 e. The highest BCUT2D eigenvalue weighted by Crippen LogP contribution is 2.38. The molecule has 0 atom stereocenters. The summed E-state index contributed by atoms with van der Waals surface area (Å²) in [6, 6.07) is 17.7. The SMILES string of the molecule is CC(C)Sc1ccc(SSc2ccc(SC(C)C)cc2)cc1. The zero-order chi connectivity index (χ0) is 15.9. The molecule has 0 nitrogen and oxygen atoms in total. The molecular formula is C18H22S4. The van der Waals surface area contributed by atoms with E-state index in [0.29, 0.717) is 10.5 Å². The molecule has 0 spiro atoms. The van der Waals surface area contributed by atoms with Crippen molar-refractivity contribution in [2.24, 2.45) is 0 Å². The number of rotatable bonds is 7. The Kier molecular flexibility index (Phi) is 7.61. The van der Waals surface area contributed by atoms with Crippen LogP contribution in [0, 0.1) is 0 Å². The second kappa shape index (κ2) is 9.21. The summed E-state index contributed by atoms with van der Waals surface area (Å²) in [7, 11) is 3.64. The molecule has 118 valence electrons. The molecule has 0 aromatic heterocycles. The molecule has 0 unspecified atom stereocenters. The third-order valence-electron chi connectivity index (χ3n) is 2.63. The van der Waals surface area contributed by atoms with Gasteiger partial charge in [-0.2, -0.15) is 0 Å². The molecule has 22 heavy (non-hydrogen) atoms. The van der Waals surface area contributed by atoms with Crippen LogP contribution in [0.25, 0.3) is 0 Å². The fourth-order valence-corrected chi connectivity index (χ4v) is 5.39. The lowest BCUT2D eigenvalue weighted by atomic mass is 10.4. The standard InChI is InChI=1S/C18H22S4/c1-13(2)19-15-5-9-17(10-6-15)21-22-18-11-7-16(8-12-18)20-14(3)4/h5-14H,1-4H3. The van der Waals surface area contributed by atoms with E-state index in [1.165, 1.54) is 19.6 Å². The van der Waals surface area contributed by atoms with E-state index >= 15 is 0 Å². The topological polar surface area (TPSA) is 0 Å². The van der Waals surface area contributed by atoms with E-state index in [1.807, 2.05) is 45.1 Å². The third kappa shape index (κ3) is 6.53. The van der Waals surface area contributed by atoms with Crippen LogP contribution in [0.2, 0.25) is 0 Å². The van der Waals surface area contributed by atoms with E-state index < -0.39 is 0 Å². The van der Waals surface area contributed by atoms with Crippen molar-refractivity contribution in [2.45, 2.75) is 57.8 Å². The van der Waals surface area contributed by atoms with Gasteiger partial charge in [-0.15, -0.1) is 23.5 Å². The van der Waals surface area contributed by atoms with Gasteiger partial charge in [-0.1, -0.05) is 49.3 Å². The lowest BCUT2D eigenvalue weighted by Gasteiger charge is -2.07. The Morgan fingerprint density at radius 2 is 0.773 bits per heavy atom. The highest BCUT2D eigenvalue weighted by molar-refractivity contribution is 8.76. The van der Waals surface area contributed by atoms with Gasteiger partial charge in [-0.05, 0) is 48.5 Å². The predicted molar refractivity (Wildman–Crippen MR) is 107 cm³/mol. The molecule has 4 heteroatoms. The van der Waals surface area contributed by atoms with Crippen LogP contribution in [-0.4, -0.2) is 10.5 Å². The Hall–Kier alpha value is -0.160. The second-order valence-electron chi connectivity index (χ2n) is 5.44. The van der Waals surface area contributed by atoms with Crippen LogP contribution in [0.15, 0.2) is 68.1 Å². The summed E-state index contributed by atoms with van der Waals surface area (Å²) in [5, 5.41) is 1.27. The fraction of sp³-hybridized carbons (Fsp3) is 0.333. The van der Waals surface area contributed by atoms with E-state index in [9.17, 15) is 0 Å². The van der Waals surface area contributed by atoms with E-state index in [1.54, 1.807) is 0 Å². The summed E-state index contributed by atoms with van der Waals surface area (Å²) < 4.78 is 0. The van der Waals surface area contributed by atoms with Gasteiger partial charge in [0.15, 0.2) is 0 Å². The first-order chi connectivity index (χ1) is 10.5. The van der Waals surface area contributed by atoms with Gasteiger partial charge in [-0.3, -0.25) is 0 Å².